The molecule has 0 aliphatic carbocycles. The first-order chi connectivity index (χ1) is 12.4. The highest BCUT2D eigenvalue weighted by Gasteiger charge is 2.11. The summed E-state index contributed by atoms with van der Waals surface area (Å²) in [4.78, 5) is 33.3. The molecule has 0 atom stereocenters. The van der Waals surface area contributed by atoms with E-state index in [9.17, 15) is 9.59 Å². The van der Waals surface area contributed by atoms with Crippen molar-refractivity contribution in [2.75, 3.05) is 18.9 Å². The summed E-state index contributed by atoms with van der Waals surface area (Å²) in [6, 6.07) is 12.6. The number of halogens is 1. The molecule has 2 N–H and O–H groups in total. The summed E-state index contributed by atoms with van der Waals surface area (Å²) in [5, 5.41) is 3.84. The molecule has 0 unspecified atom stereocenters. The third kappa shape index (κ3) is 4.28. The molecular weight excluding hydrogens is 352 g/mol. The number of aryl methyl sites for hydroxylation is 1. The number of nitrogens with one attached hydrogen (secondary N) is 2. The average Bonchev–Trinajstić information content (AvgIpc) is 2.57. The van der Waals surface area contributed by atoms with Crippen LogP contribution in [0.3, 0.4) is 0 Å². The Labute approximate surface area is 155 Å². The monoisotopic (exact) mass is 370 g/mol. The van der Waals surface area contributed by atoms with Crippen molar-refractivity contribution in [3.05, 3.63) is 69.2 Å². The number of hydrogen-bond donors (Lipinski definition) is 2. The maximum Gasteiger partial charge on any atom is 0.258 e. The molecule has 0 fully saturated rings. The third-order valence-electron chi connectivity index (χ3n) is 3.89. The number of carbonyl (C=O) groups excluding carboxylic acids is 1. The van der Waals surface area contributed by atoms with Gasteiger partial charge in [-0.25, -0.2) is 4.98 Å². The molecule has 1 aromatic heterocycles. The lowest BCUT2D eigenvalue weighted by Gasteiger charge is -2.16. The molecule has 6 nitrogen and oxygen atoms in total. The molecule has 0 saturated heterocycles. The fourth-order valence-corrected chi connectivity index (χ4v) is 2.96. The Hall–Kier alpha value is -2.70. The SMILES string of the molecule is Cc1ccc(NC(=O)CN(C)Cc2nc3ccccc3c(=O)[nH]2)c(Cl)c1. The van der Waals surface area contributed by atoms with Crippen LogP contribution in [0.2, 0.25) is 5.02 Å². The number of para-hydroxylation sites is 1. The minimum atomic E-state index is -0.193. The van der Waals surface area contributed by atoms with Gasteiger partial charge in [-0.1, -0.05) is 29.8 Å². The van der Waals surface area contributed by atoms with Gasteiger partial charge in [-0.3, -0.25) is 14.5 Å². The predicted octanol–water partition coefficient (Wildman–Crippen LogP) is 2.96. The van der Waals surface area contributed by atoms with Crippen LogP contribution < -0.4 is 10.9 Å². The second kappa shape index (κ2) is 7.68. The highest BCUT2D eigenvalue weighted by molar-refractivity contribution is 6.33. The molecule has 0 radical (unpaired) electrons. The first-order valence-electron chi connectivity index (χ1n) is 8.15. The zero-order valence-electron chi connectivity index (χ0n) is 14.5. The number of likely N-dealkylation sites (N-methyl/N-ethyl adjacent to an activating group) is 1. The Balaban J connectivity index is 1.66. The normalized spacial score (nSPS) is 11.1. The highest BCUT2D eigenvalue weighted by atomic mass is 35.5. The van der Waals surface area contributed by atoms with Gasteiger partial charge in [0.1, 0.15) is 5.82 Å². The summed E-state index contributed by atoms with van der Waals surface area (Å²) < 4.78 is 0. The maximum absolute atomic E-state index is 12.2. The Kier molecular flexibility index (Phi) is 5.35. The van der Waals surface area contributed by atoms with E-state index < -0.39 is 0 Å². The number of carbonyl (C=O) groups is 1. The minimum absolute atomic E-state index is 0.140. The van der Waals surface area contributed by atoms with Crippen molar-refractivity contribution in [3.8, 4) is 0 Å². The van der Waals surface area contributed by atoms with Crippen LogP contribution in [0, 0.1) is 6.92 Å². The summed E-state index contributed by atoms with van der Waals surface area (Å²) in [5.74, 6) is 0.318. The molecule has 7 heteroatoms. The molecule has 3 aromatic rings. The van der Waals surface area contributed by atoms with Crippen molar-refractivity contribution in [3.63, 3.8) is 0 Å². The number of amides is 1. The van der Waals surface area contributed by atoms with Crippen molar-refractivity contribution in [1.82, 2.24) is 14.9 Å². The summed E-state index contributed by atoms with van der Waals surface area (Å²) in [6.07, 6.45) is 0. The van der Waals surface area contributed by atoms with Crippen molar-refractivity contribution >= 4 is 34.1 Å². The van der Waals surface area contributed by atoms with E-state index in [0.29, 0.717) is 34.0 Å². The van der Waals surface area contributed by atoms with E-state index in [1.807, 2.05) is 19.1 Å². The number of fused-ring (bicyclic) bond motifs is 1. The predicted molar refractivity (Wildman–Crippen MR) is 104 cm³/mol. The number of aromatic amines is 1. The van der Waals surface area contributed by atoms with Crippen LogP contribution >= 0.6 is 11.6 Å². The van der Waals surface area contributed by atoms with Crippen LogP contribution in [0.15, 0.2) is 47.3 Å². The fourth-order valence-electron chi connectivity index (χ4n) is 2.68. The van der Waals surface area contributed by atoms with Gasteiger partial charge in [0, 0.05) is 0 Å². The molecular formula is C19H19ClN4O2. The van der Waals surface area contributed by atoms with Gasteiger partial charge >= 0.3 is 0 Å². The Morgan fingerprint density at radius 1 is 1.27 bits per heavy atom. The first kappa shape index (κ1) is 18.1. The van der Waals surface area contributed by atoms with Gasteiger partial charge in [-0.2, -0.15) is 0 Å². The molecule has 0 saturated carbocycles. The van der Waals surface area contributed by atoms with Gasteiger partial charge in [0.15, 0.2) is 0 Å². The van der Waals surface area contributed by atoms with Gasteiger partial charge in [0.2, 0.25) is 5.91 Å². The molecule has 0 aliphatic rings. The number of H-pyrrole nitrogens is 1. The van der Waals surface area contributed by atoms with E-state index in [1.54, 1.807) is 42.3 Å². The lowest BCUT2D eigenvalue weighted by molar-refractivity contribution is -0.117. The van der Waals surface area contributed by atoms with Crippen LogP contribution in [0.5, 0.6) is 0 Å². The lowest BCUT2D eigenvalue weighted by atomic mass is 10.2. The summed E-state index contributed by atoms with van der Waals surface area (Å²) in [7, 11) is 1.78. The van der Waals surface area contributed by atoms with Gasteiger partial charge in [0.25, 0.3) is 5.56 Å². The smallest absolute Gasteiger partial charge is 0.258 e. The topological polar surface area (TPSA) is 78.1 Å². The van der Waals surface area contributed by atoms with Crippen molar-refractivity contribution in [2.45, 2.75) is 13.5 Å². The van der Waals surface area contributed by atoms with E-state index >= 15 is 0 Å². The molecule has 0 spiro atoms. The standard InChI is InChI=1S/C19H19ClN4O2/c1-12-7-8-16(14(20)9-12)22-18(25)11-24(2)10-17-21-15-6-4-3-5-13(15)19(26)23-17/h3-9H,10-11H2,1-2H3,(H,22,25)(H,21,23,26). The summed E-state index contributed by atoms with van der Waals surface area (Å²) in [5.41, 5.74) is 2.05. The van der Waals surface area contributed by atoms with Gasteiger partial charge in [-0.15, -0.1) is 0 Å². The Morgan fingerprint density at radius 3 is 2.81 bits per heavy atom. The van der Waals surface area contributed by atoms with Crippen LogP contribution in [0.4, 0.5) is 5.69 Å². The third-order valence-corrected chi connectivity index (χ3v) is 4.21. The number of nitrogens with zero attached hydrogens (tertiary/aromatic N) is 2. The molecule has 1 amide bonds. The van der Waals surface area contributed by atoms with Crippen molar-refractivity contribution in [1.29, 1.82) is 0 Å². The first-order valence-corrected chi connectivity index (χ1v) is 8.52. The minimum Gasteiger partial charge on any atom is -0.324 e. The number of anilines is 1. The van der Waals surface area contributed by atoms with Crippen LogP contribution in [-0.2, 0) is 11.3 Å². The average molecular weight is 371 g/mol. The van der Waals surface area contributed by atoms with Crippen molar-refractivity contribution in [2.24, 2.45) is 0 Å². The number of aromatic nitrogens is 2. The largest absolute Gasteiger partial charge is 0.324 e. The van der Waals surface area contributed by atoms with E-state index in [0.717, 1.165) is 5.56 Å². The lowest BCUT2D eigenvalue weighted by Crippen LogP contribution is -2.31. The second-order valence-corrected chi connectivity index (χ2v) is 6.64. The summed E-state index contributed by atoms with van der Waals surface area (Å²) in [6.45, 7) is 2.42. The van der Waals surface area contributed by atoms with E-state index in [4.69, 9.17) is 11.6 Å². The molecule has 0 aliphatic heterocycles. The van der Waals surface area contributed by atoms with Crippen LogP contribution in [0.25, 0.3) is 10.9 Å². The second-order valence-electron chi connectivity index (χ2n) is 6.23. The van der Waals surface area contributed by atoms with E-state index in [-0.39, 0.29) is 18.0 Å². The maximum atomic E-state index is 12.2. The molecule has 0 bridgehead atoms. The van der Waals surface area contributed by atoms with Gasteiger partial charge in [-0.05, 0) is 43.8 Å². The zero-order valence-corrected chi connectivity index (χ0v) is 15.3. The number of benzene rings is 2. The van der Waals surface area contributed by atoms with E-state index in [2.05, 4.69) is 15.3 Å². The molecule has 2 aromatic carbocycles. The quantitative estimate of drug-likeness (QED) is 0.723. The number of hydrogen-bond acceptors (Lipinski definition) is 4. The molecule has 134 valence electrons. The van der Waals surface area contributed by atoms with E-state index in [1.165, 1.54) is 0 Å². The Bertz CT molecular complexity index is 1020. The van der Waals surface area contributed by atoms with Gasteiger partial charge in [0.05, 0.1) is 34.7 Å². The zero-order chi connectivity index (χ0) is 18.7. The Morgan fingerprint density at radius 2 is 2.04 bits per heavy atom. The van der Waals surface area contributed by atoms with Crippen LogP contribution in [0.1, 0.15) is 11.4 Å². The van der Waals surface area contributed by atoms with Crippen LogP contribution in [-0.4, -0.2) is 34.4 Å². The van der Waals surface area contributed by atoms with Gasteiger partial charge < -0.3 is 10.3 Å². The van der Waals surface area contributed by atoms with Crippen molar-refractivity contribution < 1.29 is 4.79 Å². The number of rotatable bonds is 5. The molecule has 26 heavy (non-hydrogen) atoms. The molecule has 1 heterocycles. The fraction of sp³-hybridized carbons (Fsp3) is 0.211. The highest BCUT2D eigenvalue weighted by Crippen LogP contribution is 2.22. The summed E-state index contributed by atoms with van der Waals surface area (Å²) >= 11 is 6.13. The molecule has 3 rings (SSSR count).